The molecule has 1 unspecified atom stereocenters. The molecule has 1 aromatic rings. The van der Waals surface area contributed by atoms with Gasteiger partial charge < -0.3 is 14.8 Å². The number of ether oxygens (including phenoxy) is 2. The molecule has 0 radical (unpaired) electrons. The van der Waals surface area contributed by atoms with Gasteiger partial charge in [0.25, 0.3) is 0 Å². The zero-order valence-electron chi connectivity index (χ0n) is 15.6. The number of halogens is 3. The zero-order chi connectivity index (χ0) is 20.8. The molecule has 0 fully saturated rings. The van der Waals surface area contributed by atoms with E-state index in [9.17, 15) is 22.8 Å². The summed E-state index contributed by atoms with van der Waals surface area (Å²) in [6.07, 6.45) is -5.37. The van der Waals surface area contributed by atoms with E-state index in [2.05, 4.69) is 17.6 Å². The van der Waals surface area contributed by atoms with E-state index in [0.29, 0.717) is 0 Å². The highest BCUT2D eigenvalue weighted by Gasteiger charge is 2.32. The Morgan fingerprint density at radius 1 is 1.19 bits per heavy atom. The lowest BCUT2D eigenvalue weighted by Crippen LogP contribution is -2.37. The lowest BCUT2D eigenvalue weighted by molar-refractivity contribution is -0.139. The Kier molecular flexibility index (Phi) is 7.25. The number of benzene rings is 1. The molecule has 0 heterocycles. The van der Waals surface area contributed by atoms with Crippen molar-refractivity contribution in [3.05, 3.63) is 53.3 Å². The minimum absolute atomic E-state index is 0.0657. The highest BCUT2D eigenvalue weighted by Crippen LogP contribution is 2.31. The lowest BCUT2D eigenvalue weighted by atomic mass is 9.98. The van der Waals surface area contributed by atoms with Crippen LogP contribution in [0.1, 0.15) is 44.9 Å². The van der Waals surface area contributed by atoms with Crippen LogP contribution in [0.5, 0.6) is 0 Å². The predicted molar refractivity (Wildman–Crippen MR) is 92.8 cm³/mol. The van der Waals surface area contributed by atoms with Crippen molar-refractivity contribution < 1.29 is 32.2 Å². The van der Waals surface area contributed by atoms with Gasteiger partial charge >= 0.3 is 18.2 Å². The van der Waals surface area contributed by atoms with Crippen molar-refractivity contribution in [2.45, 2.75) is 45.5 Å². The van der Waals surface area contributed by atoms with Crippen molar-refractivity contribution in [1.82, 2.24) is 5.32 Å². The van der Waals surface area contributed by atoms with Crippen molar-refractivity contribution in [2.75, 3.05) is 6.61 Å². The first-order chi connectivity index (χ1) is 12.4. The van der Waals surface area contributed by atoms with E-state index in [0.717, 1.165) is 24.3 Å². The third kappa shape index (κ3) is 6.83. The number of alkyl halides is 3. The molecule has 0 aromatic heterocycles. The molecule has 0 saturated heterocycles. The summed E-state index contributed by atoms with van der Waals surface area (Å²) in [5.74, 6) is -0.798. The molecule has 27 heavy (non-hydrogen) atoms. The van der Waals surface area contributed by atoms with Crippen molar-refractivity contribution in [3.63, 3.8) is 0 Å². The first-order valence-electron chi connectivity index (χ1n) is 8.12. The quantitative estimate of drug-likeness (QED) is 0.459. The topological polar surface area (TPSA) is 64.6 Å². The fourth-order valence-electron chi connectivity index (χ4n) is 2.11. The average molecular weight is 385 g/mol. The van der Waals surface area contributed by atoms with Crippen LogP contribution in [0.25, 0.3) is 0 Å². The second kappa shape index (κ2) is 8.77. The van der Waals surface area contributed by atoms with Crippen LogP contribution >= 0.6 is 0 Å². The van der Waals surface area contributed by atoms with Crippen molar-refractivity contribution >= 4 is 12.1 Å². The van der Waals surface area contributed by atoms with Gasteiger partial charge in [0.15, 0.2) is 0 Å². The van der Waals surface area contributed by atoms with Crippen LogP contribution in [0.3, 0.4) is 0 Å². The number of nitrogens with one attached hydrogen (secondary N) is 1. The van der Waals surface area contributed by atoms with E-state index < -0.39 is 35.4 Å². The van der Waals surface area contributed by atoms with E-state index in [1.165, 1.54) is 0 Å². The number of hydrogen-bond acceptors (Lipinski definition) is 4. The van der Waals surface area contributed by atoms with Gasteiger partial charge in [0.05, 0.1) is 18.2 Å². The van der Waals surface area contributed by atoms with Gasteiger partial charge in [-0.1, -0.05) is 18.7 Å². The Morgan fingerprint density at radius 3 is 2.15 bits per heavy atom. The van der Waals surface area contributed by atoms with Crippen LogP contribution in [0.2, 0.25) is 0 Å². The molecular weight excluding hydrogens is 363 g/mol. The van der Waals surface area contributed by atoms with Gasteiger partial charge in [-0.15, -0.1) is 5.73 Å². The Balaban J connectivity index is 3.26. The Labute approximate surface area is 155 Å². The van der Waals surface area contributed by atoms with E-state index in [1.54, 1.807) is 27.7 Å². The van der Waals surface area contributed by atoms with Crippen molar-refractivity contribution in [3.8, 4) is 0 Å². The Bertz CT molecular complexity index is 727. The minimum atomic E-state index is -4.51. The molecule has 0 bridgehead atoms. The maximum atomic E-state index is 12.8. The molecule has 0 spiro atoms. The number of amides is 1. The summed E-state index contributed by atoms with van der Waals surface area (Å²) >= 11 is 0. The molecule has 0 aliphatic carbocycles. The van der Waals surface area contributed by atoms with Gasteiger partial charge in [-0.05, 0) is 45.4 Å². The third-order valence-electron chi connectivity index (χ3n) is 3.21. The van der Waals surface area contributed by atoms with Gasteiger partial charge in [0.1, 0.15) is 11.2 Å². The van der Waals surface area contributed by atoms with Gasteiger partial charge in [-0.3, -0.25) is 0 Å². The standard InChI is InChI=1S/C19H22F3NO4/c1-6-14(16(24)26-7-2)15(23-17(25)27-18(3,4)5)12-8-10-13(11-9-12)19(20,21)22/h8-11,15H,1,7H2,2-5H3,(H,23,25). The molecule has 0 aliphatic heterocycles. The third-order valence-corrected chi connectivity index (χ3v) is 3.21. The number of carbonyl (C=O) groups excluding carboxylic acids is 2. The van der Waals surface area contributed by atoms with Crippen molar-refractivity contribution in [1.29, 1.82) is 0 Å². The SMILES string of the molecule is C=C=C(C(=O)OCC)C(NC(=O)OC(C)(C)C)c1ccc(C(F)(F)F)cc1. The van der Waals surface area contributed by atoms with E-state index in [4.69, 9.17) is 9.47 Å². The Morgan fingerprint density at radius 2 is 1.74 bits per heavy atom. The summed E-state index contributed by atoms with van der Waals surface area (Å²) < 4.78 is 48.4. The van der Waals surface area contributed by atoms with Crippen LogP contribution in [-0.2, 0) is 20.4 Å². The van der Waals surface area contributed by atoms with Gasteiger partial charge in [-0.2, -0.15) is 13.2 Å². The fraction of sp³-hybridized carbons (Fsp3) is 0.421. The maximum Gasteiger partial charge on any atom is 0.416 e. The number of carbonyl (C=O) groups is 2. The zero-order valence-corrected chi connectivity index (χ0v) is 15.6. The number of alkyl carbamates (subject to hydrolysis) is 1. The summed E-state index contributed by atoms with van der Waals surface area (Å²) in [5.41, 5.74) is 0.796. The second-order valence-electron chi connectivity index (χ2n) is 6.51. The summed E-state index contributed by atoms with van der Waals surface area (Å²) in [5, 5.41) is 2.46. The number of rotatable bonds is 5. The molecule has 0 aliphatic rings. The van der Waals surface area contributed by atoms with E-state index in [-0.39, 0.29) is 17.7 Å². The van der Waals surface area contributed by atoms with Crippen LogP contribution in [0, 0.1) is 0 Å². The van der Waals surface area contributed by atoms with Crippen LogP contribution < -0.4 is 5.32 Å². The van der Waals surface area contributed by atoms with Crippen LogP contribution in [-0.4, -0.2) is 24.3 Å². The van der Waals surface area contributed by atoms with Gasteiger partial charge in [0, 0.05) is 0 Å². The fourth-order valence-corrected chi connectivity index (χ4v) is 2.11. The van der Waals surface area contributed by atoms with E-state index in [1.807, 2.05) is 0 Å². The number of hydrogen-bond donors (Lipinski definition) is 1. The largest absolute Gasteiger partial charge is 0.462 e. The first-order valence-corrected chi connectivity index (χ1v) is 8.12. The summed E-state index contributed by atoms with van der Waals surface area (Å²) in [6, 6.07) is 2.87. The molecule has 5 nitrogen and oxygen atoms in total. The summed E-state index contributed by atoms with van der Waals surface area (Å²) in [4.78, 5) is 24.3. The molecule has 148 valence electrons. The summed E-state index contributed by atoms with van der Waals surface area (Å²) in [7, 11) is 0. The van der Waals surface area contributed by atoms with Crippen molar-refractivity contribution in [2.24, 2.45) is 0 Å². The first kappa shape index (κ1) is 22.3. The molecule has 0 saturated carbocycles. The minimum Gasteiger partial charge on any atom is -0.462 e. The summed E-state index contributed by atoms with van der Waals surface area (Å²) in [6.45, 7) is 10.0. The lowest BCUT2D eigenvalue weighted by Gasteiger charge is -2.24. The van der Waals surface area contributed by atoms with E-state index >= 15 is 0 Å². The molecule has 1 N–H and O–H groups in total. The number of esters is 1. The van der Waals surface area contributed by atoms with Gasteiger partial charge in [-0.25, -0.2) is 9.59 Å². The molecule has 1 atom stereocenters. The normalized spacial score (nSPS) is 12.6. The van der Waals surface area contributed by atoms with Crippen LogP contribution in [0.4, 0.5) is 18.0 Å². The molecule has 1 aromatic carbocycles. The maximum absolute atomic E-state index is 12.8. The highest BCUT2D eigenvalue weighted by molar-refractivity contribution is 5.90. The predicted octanol–water partition coefficient (Wildman–Crippen LogP) is 4.55. The molecule has 8 heteroatoms. The monoisotopic (exact) mass is 385 g/mol. The molecule has 1 rings (SSSR count). The Hall–Kier alpha value is -2.73. The average Bonchev–Trinajstić information content (AvgIpc) is 2.52. The van der Waals surface area contributed by atoms with Gasteiger partial charge in [0.2, 0.25) is 0 Å². The molecular formula is C19H22F3NO4. The molecule has 1 amide bonds. The smallest absolute Gasteiger partial charge is 0.416 e. The second-order valence-corrected chi connectivity index (χ2v) is 6.51. The highest BCUT2D eigenvalue weighted by atomic mass is 19.4. The van der Waals surface area contributed by atoms with Crippen LogP contribution in [0.15, 0.2) is 42.1 Å².